The molecule has 1 heterocycles. The van der Waals surface area contributed by atoms with Gasteiger partial charge in [-0.1, -0.05) is 6.07 Å². The monoisotopic (exact) mass is 232 g/mol. The van der Waals surface area contributed by atoms with Gasteiger partial charge in [-0.25, -0.2) is 0 Å². The van der Waals surface area contributed by atoms with Crippen LogP contribution in [0.25, 0.3) is 0 Å². The highest BCUT2D eigenvalue weighted by Gasteiger charge is 2.13. The van der Waals surface area contributed by atoms with Crippen molar-refractivity contribution in [2.45, 2.75) is 33.6 Å². The van der Waals surface area contributed by atoms with E-state index in [0.29, 0.717) is 0 Å². The number of rotatable bonds is 3. The van der Waals surface area contributed by atoms with Crippen molar-refractivity contribution in [1.82, 2.24) is 5.32 Å². The lowest BCUT2D eigenvalue weighted by molar-refractivity contribution is 0.393. The van der Waals surface area contributed by atoms with Crippen LogP contribution in [0, 0.1) is 26.7 Å². The smallest absolute Gasteiger partial charge is 0.0372 e. The molecule has 0 amide bonds. The molecule has 1 aromatic rings. The van der Waals surface area contributed by atoms with E-state index in [9.17, 15) is 0 Å². The molecule has 0 spiro atoms. The number of hydrogen-bond acceptors (Lipinski definition) is 2. The second kappa shape index (κ2) is 5.54. The van der Waals surface area contributed by atoms with Gasteiger partial charge in [0.15, 0.2) is 0 Å². The van der Waals surface area contributed by atoms with Crippen LogP contribution >= 0.6 is 0 Å². The summed E-state index contributed by atoms with van der Waals surface area (Å²) in [6.45, 7) is 10.0. The van der Waals surface area contributed by atoms with Gasteiger partial charge < -0.3 is 10.6 Å². The number of hydrogen-bond donors (Lipinski definition) is 2. The van der Waals surface area contributed by atoms with E-state index in [-0.39, 0.29) is 0 Å². The molecule has 1 fully saturated rings. The topological polar surface area (TPSA) is 24.1 Å². The van der Waals surface area contributed by atoms with E-state index >= 15 is 0 Å². The van der Waals surface area contributed by atoms with Crippen LogP contribution in [0.15, 0.2) is 12.1 Å². The molecule has 0 bridgehead atoms. The molecule has 1 aliphatic rings. The highest BCUT2D eigenvalue weighted by molar-refractivity contribution is 5.55. The second-order valence-electron chi connectivity index (χ2n) is 5.27. The maximum atomic E-state index is 3.61. The van der Waals surface area contributed by atoms with Crippen LogP contribution in [-0.2, 0) is 0 Å². The molecule has 1 unspecified atom stereocenters. The Hall–Kier alpha value is -1.02. The van der Waals surface area contributed by atoms with Crippen LogP contribution in [0.5, 0.6) is 0 Å². The molecule has 0 radical (unpaired) electrons. The van der Waals surface area contributed by atoms with Crippen LogP contribution < -0.4 is 10.6 Å². The maximum absolute atomic E-state index is 3.61. The van der Waals surface area contributed by atoms with Crippen molar-refractivity contribution in [3.63, 3.8) is 0 Å². The summed E-state index contributed by atoms with van der Waals surface area (Å²) in [7, 11) is 0. The van der Waals surface area contributed by atoms with Gasteiger partial charge in [0.1, 0.15) is 0 Å². The lowest BCUT2D eigenvalue weighted by atomic mass is 9.98. The first-order valence-corrected chi connectivity index (χ1v) is 6.70. The molecule has 1 saturated heterocycles. The fourth-order valence-corrected chi connectivity index (χ4v) is 2.50. The quantitative estimate of drug-likeness (QED) is 0.837. The average Bonchev–Trinajstić information content (AvgIpc) is 2.36. The molecule has 94 valence electrons. The fraction of sp³-hybridized carbons (Fsp3) is 0.600. The first-order chi connectivity index (χ1) is 8.18. The van der Waals surface area contributed by atoms with Gasteiger partial charge in [0, 0.05) is 12.2 Å². The summed E-state index contributed by atoms with van der Waals surface area (Å²) in [5, 5.41) is 7.08. The number of anilines is 1. The average molecular weight is 232 g/mol. The third kappa shape index (κ3) is 3.01. The maximum Gasteiger partial charge on any atom is 0.0372 e. The Morgan fingerprint density at radius 1 is 1.24 bits per heavy atom. The summed E-state index contributed by atoms with van der Waals surface area (Å²) in [6, 6.07) is 4.43. The summed E-state index contributed by atoms with van der Waals surface area (Å²) in [5.74, 6) is 0.782. The van der Waals surface area contributed by atoms with E-state index in [1.165, 1.54) is 41.8 Å². The van der Waals surface area contributed by atoms with Crippen molar-refractivity contribution in [3.8, 4) is 0 Å². The summed E-state index contributed by atoms with van der Waals surface area (Å²) in [4.78, 5) is 0. The molecule has 0 aromatic heterocycles. The van der Waals surface area contributed by atoms with E-state index in [4.69, 9.17) is 0 Å². The van der Waals surface area contributed by atoms with Gasteiger partial charge in [0.25, 0.3) is 0 Å². The van der Waals surface area contributed by atoms with Crippen molar-refractivity contribution in [2.24, 2.45) is 5.92 Å². The molecule has 2 heteroatoms. The summed E-state index contributed by atoms with van der Waals surface area (Å²) < 4.78 is 0. The van der Waals surface area contributed by atoms with E-state index in [0.717, 1.165) is 19.0 Å². The number of benzene rings is 1. The van der Waals surface area contributed by atoms with Crippen LogP contribution in [-0.4, -0.2) is 19.6 Å². The normalized spacial score (nSPS) is 20.3. The number of piperidine rings is 1. The second-order valence-corrected chi connectivity index (χ2v) is 5.27. The van der Waals surface area contributed by atoms with Crippen LogP contribution in [0.4, 0.5) is 5.69 Å². The van der Waals surface area contributed by atoms with Gasteiger partial charge in [0.05, 0.1) is 0 Å². The van der Waals surface area contributed by atoms with Crippen LogP contribution in [0.1, 0.15) is 29.5 Å². The highest BCUT2D eigenvalue weighted by Crippen LogP contribution is 2.22. The molecule has 2 N–H and O–H groups in total. The summed E-state index contributed by atoms with van der Waals surface area (Å²) in [5.41, 5.74) is 5.50. The summed E-state index contributed by atoms with van der Waals surface area (Å²) in [6.07, 6.45) is 2.67. The lowest BCUT2D eigenvalue weighted by Gasteiger charge is -2.24. The van der Waals surface area contributed by atoms with Gasteiger partial charge in [-0.2, -0.15) is 0 Å². The molecule has 17 heavy (non-hydrogen) atoms. The van der Waals surface area contributed by atoms with E-state index in [1.54, 1.807) is 0 Å². The first kappa shape index (κ1) is 12.4. The van der Waals surface area contributed by atoms with E-state index in [2.05, 4.69) is 43.5 Å². The number of nitrogens with one attached hydrogen (secondary N) is 2. The zero-order chi connectivity index (χ0) is 12.3. The van der Waals surface area contributed by atoms with Gasteiger partial charge in [-0.3, -0.25) is 0 Å². The van der Waals surface area contributed by atoms with Crippen molar-refractivity contribution in [2.75, 3.05) is 25.0 Å². The number of aryl methyl sites for hydroxylation is 1. The van der Waals surface area contributed by atoms with Crippen molar-refractivity contribution < 1.29 is 0 Å². The predicted octanol–water partition coefficient (Wildman–Crippen LogP) is 3.02. The van der Waals surface area contributed by atoms with Gasteiger partial charge in [-0.15, -0.1) is 0 Å². The first-order valence-electron chi connectivity index (χ1n) is 6.70. The fourth-order valence-electron chi connectivity index (χ4n) is 2.50. The molecule has 2 rings (SSSR count). The minimum Gasteiger partial charge on any atom is -0.384 e. The summed E-state index contributed by atoms with van der Waals surface area (Å²) >= 11 is 0. The van der Waals surface area contributed by atoms with Gasteiger partial charge >= 0.3 is 0 Å². The minimum atomic E-state index is 0.782. The Balaban J connectivity index is 1.96. The molecule has 2 nitrogen and oxygen atoms in total. The molecule has 1 atom stereocenters. The molecule has 1 aromatic carbocycles. The Labute approximate surface area is 105 Å². The minimum absolute atomic E-state index is 0.782. The highest BCUT2D eigenvalue weighted by atomic mass is 14.9. The van der Waals surface area contributed by atoms with Crippen molar-refractivity contribution in [3.05, 3.63) is 28.8 Å². The Kier molecular flexibility index (Phi) is 4.06. The van der Waals surface area contributed by atoms with E-state index < -0.39 is 0 Å². The van der Waals surface area contributed by atoms with E-state index in [1.807, 2.05) is 0 Å². The molecular formula is C15H24N2. The van der Waals surface area contributed by atoms with Crippen molar-refractivity contribution >= 4 is 5.69 Å². The SMILES string of the molecule is Cc1ccc(NCC2CCCNC2)c(C)c1C. The third-order valence-corrected chi connectivity index (χ3v) is 4.04. The molecule has 1 aliphatic heterocycles. The Morgan fingerprint density at radius 3 is 2.76 bits per heavy atom. The zero-order valence-electron chi connectivity index (χ0n) is 11.3. The molecular weight excluding hydrogens is 208 g/mol. The largest absolute Gasteiger partial charge is 0.384 e. The Morgan fingerprint density at radius 2 is 2.06 bits per heavy atom. The third-order valence-electron chi connectivity index (χ3n) is 4.04. The van der Waals surface area contributed by atoms with Gasteiger partial charge in [0.2, 0.25) is 0 Å². The van der Waals surface area contributed by atoms with Crippen molar-refractivity contribution in [1.29, 1.82) is 0 Å². The predicted molar refractivity (Wildman–Crippen MR) is 74.7 cm³/mol. The van der Waals surface area contributed by atoms with Crippen LogP contribution in [0.2, 0.25) is 0 Å². The molecule has 0 saturated carbocycles. The lowest BCUT2D eigenvalue weighted by Crippen LogP contribution is -2.33. The zero-order valence-corrected chi connectivity index (χ0v) is 11.3. The standard InChI is InChI=1S/C15H24N2/c1-11-6-7-15(13(3)12(11)2)17-10-14-5-4-8-16-9-14/h6-7,14,16-17H,4-5,8-10H2,1-3H3. The van der Waals surface area contributed by atoms with Gasteiger partial charge in [-0.05, 0) is 75.4 Å². The molecule has 0 aliphatic carbocycles. The van der Waals surface area contributed by atoms with Crippen LogP contribution in [0.3, 0.4) is 0 Å². The Bertz CT molecular complexity index is 379.